The first-order valence-electron chi connectivity index (χ1n) is 11.3. The van der Waals surface area contributed by atoms with Crippen molar-refractivity contribution in [2.45, 2.75) is 59.2 Å². The molecule has 0 heterocycles. The number of anilines is 1. The van der Waals surface area contributed by atoms with E-state index in [4.69, 9.17) is 22.8 Å². The van der Waals surface area contributed by atoms with Crippen molar-refractivity contribution in [3.05, 3.63) is 63.7 Å². The highest BCUT2D eigenvalue weighted by Gasteiger charge is 2.37. The van der Waals surface area contributed by atoms with Gasteiger partial charge in [-0.25, -0.2) is 4.79 Å². The quantitative estimate of drug-likeness (QED) is 0.262. The lowest BCUT2D eigenvalue weighted by Crippen LogP contribution is -2.52. The molecule has 2 N–H and O–H groups in total. The number of ether oxygens (including phenoxy) is 1. The summed E-state index contributed by atoms with van der Waals surface area (Å²) in [5, 5.41) is 5.69. The second kappa shape index (κ2) is 12.2. The molecule has 3 amide bonds. The fourth-order valence-corrected chi connectivity index (χ4v) is 4.20. The molecule has 7 nitrogen and oxygen atoms in total. The SMILES string of the molecule is C#CN(C(=O)C(CS)NC(=O)OC(C)(C)C)C(C(=O)Nc1c(C)cccc1Cl)c1c(C)cccc1C. The zero-order valence-electron chi connectivity index (χ0n) is 21.3. The number of halogens is 1. The van der Waals surface area contributed by atoms with Gasteiger partial charge in [-0.15, -0.1) is 0 Å². The first-order chi connectivity index (χ1) is 16.8. The number of hydrogen-bond donors (Lipinski definition) is 3. The lowest BCUT2D eigenvalue weighted by molar-refractivity contribution is -0.136. The van der Waals surface area contributed by atoms with Gasteiger partial charge in [0.05, 0.1) is 10.7 Å². The summed E-state index contributed by atoms with van der Waals surface area (Å²) < 4.78 is 5.27. The van der Waals surface area contributed by atoms with Crippen LogP contribution in [-0.2, 0) is 14.3 Å². The van der Waals surface area contributed by atoms with E-state index in [1.54, 1.807) is 45.9 Å². The third kappa shape index (κ3) is 7.19. The normalized spacial score (nSPS) is 12.6. The summed E-state index contributed by atoms with van der Waals surface area (Å²) in [5.74, 6) is -1.30. The van der Waals surface area contributed by atoms with E-state index in [9.17, 15) is 14.4 Å². The minimum absolute atomic E-state index is 0.0685. The Balaban J connectivity index is 2.53. The van der Waals surface area contributed by atoms with Crippen molar-refractivity contribution < 1.29 is 19.1 Å². The number of benzene rings is 2. The minimum atomic E-state index is -1.21. The van der Waals surface area contributed by atoms with Gasteiger partial charge in [0.1, 0.15) is 17.7 Å². The molecule has 2 aromatic carbocycles. The van der Waals surface area contributed by atoms with E-state index in [0.29, 0.717) is 16.3 Å². The molecule has 2 atom stereocenters. The Kier molecular flexibility index (Phi) is 9.85. The van der Waals surface area contributed by atoms with E-state index in [2.05, 4.69) is 29.3 Å². The molecule has 0 aliphatic carbocycles. The van der Waals surface area contributed by atoms with Crippen LogP contribution < -0.4 is 10.6 Å². The van der Waals surface area contributed by atoms with E-state index in [0.717, 1.165) is 21.6 Å². The van der Waals surface area contributed by atoms with Crippen molar-refractivity contribution >= 4 is 47.8 Å². The molecular weight excluding hydrogens is 498 g/mol. The van der Waals surface area contributed by atoms with E-state index in [-0.39, 0.29) is 5.75 Å². The molecule has 0 saturated carbocycles. The van der Waals surface area contributed by atoms with Gasteiger partial charge in [0, 0.05) is 11.8 Å². The van der Waals surface area contributed by atoms with Crippen molar-refractivity contribution in [3.8, 4) is 12.5 Å². The van der Waals surface area contributed by atoms with Crippen molar-refractivity contribution in [1.82, 2.24) is 10.2 Å². The Morgan fingerprint density at radius 2 is 1.64 bits per heavy atom. The van der Waals surface area contributed by atoms with Crippen LogP contribution >= 0.6 is 24.2 Å². The number of terminal acetylenes is 1. The highest BCUT2D eigenvalue weighted by atomic mass is 35.5. The number of amides is 3. The molecule has 192 valence electrons. The number of thiol groups is 1. The Morgan fingerprint density at radius 3 is 2.14 bits per heavy atom. The molecule has 0 saturated heterocycles. The topological polar surface area (TPSA) is 87.7 Å². The maximum Gasteiger partial charge on any atom is 0.408 e. The highest BCUT2D eigenvalue weighted by molar-refractivity contribution is 7.80. The Labute approximate surface area is 223 Å². The Bertz CT molecular complexity index is 1150. The highest BCUT2D eigenvalue weighted by Crippen LogP contribution is 2.32. The lowest BCUT2D eigenvalue weighted by Gasteiger charge is -2.31. The molecule has 0 aliphatic rings. The Morgan fingerprint density at radius 1 is 1.08 bits per heavy atom. The van der Waals surface area contributed by atoms with Gasteiger partial charge in [-0.05, 0) is 69.9 Å². The maximum atomic E-state index is 13.8. The van der Waals surface area contributed by atoms with Crippen LogP contribution in [-0.4, -0.2) is 40.2 Å². The molecule has 2 rings (SSSR count). The standard InChI is InChI=1S/C27H32ClN3O4S/c1-8-31(25(33)20(15-36)29-26(34)35-27(5,6)7)23(21-16(2)11-9-12-17(21)3)24(32)30-22-18(4)13-10-14-19(22)28/h1,9-14,20,23,36H,15H2,2-7H3,(H,29,34)(H,30,32). The molecule has 0 fully saturated rings. The molecule has 0 aromatic heterocycles. The van der Waals surface area contributed by atoms with Gasteiger partial charge in [-0.3, -0.25) is 14.5 Å². The number of nitrogens with zero attached hydrogens (tertiary/aromatic N) is 1. The molecule has 0 bridgehead atoms. The zero-order chi connectivity index (χ0) is 27.2. The molecule has 2 aromatic rings. The first kappa shape index (κ1) is 29.1. The van der Waals surface area contributed by atoms with Gasteiger partial charge in [0.25, 0.3) is 11.8 Å². The third-order valence-corrected chi connectivity index (χ3v) is 6.02. The molecule has 9 heteroatoms. The fourth-order valence-electron chi connectivity index (χ4n) is 3.69. The number of aryl methyl sites for hydroxylation is 3. The molecular formula is C27H32ClN3O4S. The number of carbonyl (C=O) groups excluding carboxylic acids is 3. The summed E-state index contributed by atoms with van der Waals surface area (Å²) in [6.45, 7) is 10.6. The molecule has 0 radical (unpaired) electrons. The van der Waals surface area contributed by atoms with Crippen LogP contribution in [0.3, 0.4) is 0 Å². The van der Waals surface area contributed by atoms with Gasteiger partial charge >= 0.3 is 6.09 Å². The van der Waals surface area contributed by atoms with Crippen molar-refractivity contribution in [1.29, 1.82) is 0 Å². The van der Waals surface area contributed by atoms with Gasteiger partial charge in [0.15, 0.2) is 0 Å². The number of carbonyl (C=O) groups is 3. The lowest BCUT2D eigenvalue weighted by atomic mass is 9.94. The monoisotopic (exact) mass is 529 g/mol. The van der Waals surface area contributed by atoms with Crippen molar-refractivity contribution in [3.63, 3.8) is 0 Å². The summed E-state index contributed by atoms with van der Waals surface area (Å²) in [7, 11) is 0. The van der Waals surface area contributed by atoms with Crippen LogP contribution in [0.5, 0.6) is 0 Å². The minimum Gasteiger partial charge on any atom is -0.444 e. The summed E-state index contributed by atoms with van der Waals surface area (Å²) in [4.78, 5) is 40.7. The number of para-hydroxylation sites is 1. The number of hydrogen-bond acceptors (Lipinski definition) is 5. The fraction of sp³-hybridized carbons (Fsp3) is 0.370. The van der Waals surface area contributed by atoms with Gasteiger partial charge in [-0.2, -0.15) is 12.6 Å². The van der Waals surface area contributed by atoms with Crippen molar-refractivity contribution in [2.24, 2.45) is 0 Å². The van der Waals surface area contributed by atoms with E-state index in [1.165, 1.54) is 0 Å². The van der Waals surface area contributed by atoms with E-state index < -0.39 is 35.6 Å². The molecule has 2 unspecified atom stereocenters. The Hall–Kier alpha value is -3.15. The second-order valence-electron chi connectivity index (χ2n) is 9.35. The molecule has 36 heavy (non-hydrogen) atoms. The number of alkyl carbamates (subject to hydrolysis) is 1. The van der Waals surface area contributed by atoms with E-state index >= 15 is 0 Å². The van der Waals surface area contributed by atoms with Crippen LogP contribution in [0.1, 0.15) is 49.1 Å². The van der Waals surface area contributed by atoms with Crippen LogP contribution in [0.4, 0.5) is 10.5 Å². The van der Waals surface area contributed by atoms with Gasteiger partial charge in [0.2, 0.25) is 0 Å². The number of rotatable bonds is 7. The maximum absolute atomic E-state index is 13.8. The smallest absolute Gasteiger partial charge is 0.408 e. The molecule has 0 aliphatic heterocycles. The van der Waals surface area contributed by atoms with E-state index in [1.807, 2.05) is 32.0 Å². The third-order valence-electron chi connectivity index (χ3n) is 5.34. The van der Waals surface area contributed by atoms with Crippen LogP contribution in [0, 0.1) is 33.2 Å². The van der Waals surface area contributed by atoms with Crippen LogP contribution in [0.25, 0.3) is 0 Å². The molecule has 0 spiro atoms. The van der Waals surface area contributed by atoms with Gasteiger partial charge < -0.3 is 15.4 Å². The van der Waals surface area contributed by atoms with Crippen LogP contribution in [0.15, 0.2) is 36.4 Å². The summed E-state index contributed by atoms with van der Waals surface area (Å²) >= 11 is 10.6. The van der Waals surface area contributed by atoms with Crippen molar-refractivity contribution in [2.75, 3.05) is 11.1 Å². The average molecular weight is 530 g/mol. The summed E-state index contributed by atoms with van der Waals surface area (Å²) in [6.07, 6.45) is 5.01. The largest absolute Gasteiger partial charge is 0.444 e. The summed E-state index contributed by atoms with van der Waals surface area (Å²) in [5.41, 5.74) is 2.49. The summed E-state index contributed by atoms with van der Waals surface area (Å²) in [6, 6.07) is 10.8. The number of nitrogens with one attached hydrogen (secondary N) is 2. The van der Waals surface area contributed by atoms with Gasteiger partial charge in [-0.1, -0.05) is 48.4 Å². The van der Waals surface area contributed by atoms with Crippen LogP contribution in [0.2, 0.25) is 5.02 Å². The average Bonchev–Trinajstić information content (AvgIpc) is 2.77. The second-order valence-corrected chi connectivity index (χ2v) is 10.1. The predicted molar refractivity (Wildman–Crippen MR) is 146 cm³/mol. The first-order valence-corrected chi connectivity index (χ1v) is 12.3. The zero-order valence-corrected chi connectivity index (χ0v) is 23.0. The predicted octanol–water partition coefficient (Wildman–Crippen LogP) is 5.19.